The van der Waals surface area contributed by atoms with Crippen molar-refractivity contribution >= 4 is 10.8 Å². The first-order valence-electron chi connectivity index (χ1n) is 7.96. The Morgan fingerprint density at radius 1 is 1.26 bits per heavy atom. The fourth-order valence-electron chi connectivity index (χ4n) is 3.71. The van der Waals surface area contributed by atoms with E-state index in [-0.39, 0.29) is 0 Å². The van der Waals surface area contributed by atoms with Gasteiger partial charge < -0.3 is 10.6 Å². The van der Waals surface area contributed by atoms with E-state index >= 15 is 0 Å². The first-order chi connectivity index (χ1) is 9.16. The molecule has 1 heterocycles. The minimum Gasteiger partial charge on any atom is -0.314 e. The lowest BCUT2D eigenvalue weighted by atomic mass is 9.88. The predicted octanol–water partition coefficient (Wildman–Crippen LogP) is 2.04. The second kappa shape index (κ2) is 7.75. The van der Waals surface area contributed by atoms with Crippen molar-refractivity contribution in [1.82, 2.24) is 10.6 Å². The SMILES string of the molecule is CC(CCS(C)=O)NC1CCCC1C1CCCCN1. The van der Waals surface area contributed by atoms with Crippen LogP contribution >= 0.6 is 0 Å². The highest BCUT2D eigenvalue weighted by molar-refractivity contribution is 7.84. The van der Waals surface area contributed by atoms with E-state index in [4.69, 9.17) is 0 Å². The molecule has 5 unspecified atom stereocenters. The molecule has 0 spiro atoms. The molecular formula is C15H30N2OS. The van der Waals surface area contributed by atoms with Crippen LogP contribution in [0.1, 0.15) is 51.9 Å². The Balaban J connectivity index is 1.79. The Hall–Kier alpha value is 0.0700. The van der Waals surface area contributed by atoms with Crippen LogP contribution < -0.4 is 10.6 Å². The molecule has 0 bridgehead atoms. The van der Waals surface area contributed by atoms with E-state index in [9.17, 15) is 4.21 Å². The molecular weight excluding hydrogens is 256 g/mol. The maximum absolute atomic E-state index is 11.2. The van der Waals surface area contributed by atoms with Crippen molar-refractivity contribution in [1.29, 1.82) is 0 Å². The highest BCUT2D eigenvalue weighted by Crippen LogP contribution is 2.32. The van der Waals surface area contributed by atoms with E-state index in [1.165, 1.54) is 45.1 Å². The smallest absolute Gasteiger partial charge is 0.0246 e. The van der Waals surface area contributed by atoms with Gasteiger partial charge in [0.2, 0.25) is 0 Å². The molecule has 1 saturated carbocycles. The Morgan fingerprint density at radius 3 is 2.79 bits per heavy atom. The van der Waals surface area contributed by atoms with Crippen molar-refractivity contribution in [3.8, 4) is 0 Å². The topological polar surface area (TPSA) is 41.1 Å². The molecule has 0 amide bonds. The highest BCUT2D eigenvalue weighted by atomic mass is 32.2. The maximum atomic E-state index is 11.2. The summed E-state index contributed by atoms with van der Waals surface area (Å²) < 4.78 is 11.2. The number of hydrogen-bond acceptors (Lipinski definition) is 3. The molecule has 1 aliphatic heterocycles. The molecule has 3 nitrogen and oxygen atoms in total. The second-order valence-electron chi connectivity index (χ2n) is 6.39. The van der Waals surface area contributed by atoms with Gasteiger partial charge in [0.1, 0.15) is 0 Å². The van der Waals surface area contributed by atoms with Gasteiger partial charge in [0.15, 0.2) is 0 Å². The van der Waals surface area contributed by atoms with E-state index in [0.29, 0.717) is 12.1 Å². The second-order valence-corrected chi connectivity index (χ2v) is 7.95. The summed E-state index contributed by atoms with van der Waals surface area (Å²) in [6, 6.07) is 1.91. The van der Waals surface area contributed by atoms with Crippen LogP contribution in [0.4, 0.5) is 0 Å². The third-order valence-electron chi connectivity index (χ3n) is 4.77. The van der Waals surface area contributed by atoms with Gasteiger partial charge in [0.25, 0.3) is 0 Å². The normalized spacial score (nSPS) is 35.2. The summed E-state index contributed by atoms with van der Waals surface area (Å²) in [4.78, 5) is 0. The van der Waals surface area contributed by atoms with Gasteiger partial charge in [-0.15, -0.1) is 0 Å². The van der Waals surface area contributed by atoms with Crippen LogP contribution in [0, 0.1) is 5.92 Å². The van der Waals surface area contributed by atoms with Crippen LogP contribution in [0.2, 0.25) is 0 Å². The molecule has 1 saturated heterocycles. The molecule has 112 valence electrons. The van der Waals surface area contributed by atoms with Gasteiger partial charge in [-0.25, -0.2) is 0 Å². The monoisotopic (exact) mass is 286 g/mol. The standard InChI is InChI=1S/C15H30N2OS/c1-12(9-11-19(2)18)17-15-8-5-6-13(15)14-7-3-4-10-16-14/h12-17H,3-11H2,1-2H3. The summed E-state index contributed by atoms with van der Waals surface area (Å²) in [5.41, 5.74) is 0. The van der Waals surface area contributed by atoms with Crippen molar-refractivity contribution in [3.05, 3.63) is 0 Å². The fourth-order valence-corrected chi connectivity index (χ4v) is 4.40. The summed E-state index contributed by atoms with van der Waals surface area (Å²) in [6.45, 7) is 3.45. The molecule has 0 radical (unpaired) electrons. The van der Waals surface area contributed by atoms with Gasteiger partial charge in [0.05, 0.1) is 0 Å². The molecule has 1 aliphatic carbocycles. The zero-order valence-corrected chi connectivity index (χ0v) is 13.3. The van der Waals surface area contributed by atoms with Crippen molar-refractivity contribution in [2.75, 3.05) is 18.6 Å². The molecule has 0 aromatic heterocycles. The molecule has 2 aliphatic rings. The van der Waals surface area contributed by atoms with E-state index in [0.717, 1.165) is 24.1 Å². The molecule has 0 aromatic rings. The van der Waals surface area contributed by atoms with Gasteiger partial charge in [-0.05, 0) is 51.5 Å². The van der Waals surface area contributed by atoms with Crippen LogP contribution in [0.15, 0.2) is 0 Å². The van der Waals surface area contributed by atoms with Gasteiger partial charge in [-0.2, -0.15) is 0 Å². The number of piperidine rings is 1. The molecule has 19 heavy (non-hydrogen) atoms. The first kappa shape index (κ1) is 15.5. The average Bonchev–Trinajstić information content (AvgIpc) is 2.85. The van der Waals surface area contributed by atoms with Crippen LogP contribution in [0.5, 0.6) is 0 Å². The predicted molar refractivity (Wildman–Crippen MR) is 82.9 cm³/mol. The first-order valence-corrected chi connectivity index (χ1v) is 9.69. The van der Waals surface area contributed by atoms with E-state index in [1.54, 1.807) is 6.26 Å². The Morgan fingerprint density at radius 2 is 2.11 bits per heavy atom. The van der Waals surface area contributed by atoms with E-state index in [1.807, 2.05) is 0 Å². The van der Waals surface area contributed by atoms with Crippen LogP contribution in [0.3, 0.4) is 0 Å². The third kappa shape index (κ3) is 4.83. The number of rotatable bonds is 6. The van der Waals surface area contributed by atoms with Crippen molar-refractivity contribution in [2.45, 2.75) is 70.0 Å². The quantitative estimate of drug-likeness (QED) is 0.785. The highest BCUT2D eigenvalue weighted by Gasteiger charge is 2.34. The van der Waals surface area contributed by atoms with Crippen LogP contribution in [-0.4, -0.2) is 40.9 Å². The van der Waals surface area contributed by atoms with Gasteiger partial charge in [-0.3, -0.25) is 4.21 Å². The Labute approximate surface area is 120 Å². The lowest BCUT2D eigenvalue weighted by molar-refractivity contribution is 0.247. The third-order valence-corrected chi connectivity index (χ3v) is 5.58. The minimum absolute atomic E-state index is 0.498. The zero-order valence-electron chi connectivity index (χ0n) is 12.5. The number of nitrogens with one attached hydrogen (secondary N) is 2. The minimum atomic E-state index is -0.655. The molecule has 4 heteroatoms. The van der Waals surface area contributed by atoms with Crippen molar-refractivity contribution in [2.24, 2.45) is 5.92 Å². The summed E-state index contributed by atoms with van der Waals surface area (Å²) in [6.07, 6.45) is 11.0. The zero-order chi connectivity index (χ0) is 13.7. The lowest BCUT2D eigenvalue weighted by Gasteiger charge is -2.34. The van der Waals surface area contributed by atoms with Gasteiger partial charge in [-0.1, -0.05) is 12.8 Å². The fraction of sp³-hybridized carbons (Fsp3) is 1.00. The van der Waals surface area contributed by atoms with E-state index in [2.05, 4.69) is 17.6 Å². The lowest BCUT2D eigenvalue weighted by Crippen LogP contribution is -2.48. The Kier molecular flexibility index (Phi) is 6.30. The Bertz CT molecular complexity index is 292. The van der Waals surface area contributed by atoms with Crippen molar-refractivity contribution in [3.63, 3.8) is 0 Å². The summed E-state index contributed by atoms with van der Waals surface area (Å²) in [5.74, 6) is 1.64. The molecule has 2 N–H and O–H groups in total. The van der Waals surface area contributed by atoms with Crippen molar-refractivity contribution < 1.29 is 4.21 Å². The molecule has 5 atom stereocenters. The summed E-state index contributed by atoms with van der Waals surface area (Å²) in [5, 5.41) is 7.53. The van der Waals surface area contributed by atoms with Gasteiger partial charge in [0, 0.05) is 40.9 Å². The van der Waals surface area contributed by atoms with E-state index < -0.39 is 10.8 Å². The maximum Gasteiger partial charge on any atom is 0.0246 e. The van der Waals surface area contributed by atoms with Crippen LogP contribution in [-0.2, 0) is 10.8 Å². The summed E-state index contributed by atoms with van der Waals surface area (Å²) >= 11 is 0. The van der Waals surface area contributed by atoms with Gasteiger partial charge >= 0.3 is 0 Å². The summed E-state index contributed by atoms with van der Waals surface area (Å²) in [7, 11) is -0.655. The van der Waals surface area contributed by atoms with Crippen LogP contribution in [0.25, 0.3) is 0 Å². The molecule has 0 aromatic carbocycles. The molecule has 2 fully saturated rings. The number of hydrogen-bond donors (Lipinski definition) is 2. The molecule has 2 rings (SSSR count). The largest absolute Gasteiger partial charge is 0.314 e. The average molecular weight is 286 g/mol.